The third kappa shape index (κ3) is 6.14. The predicted molar refractivity (Wildman–Crippen MR) is 156 cm³/mol. The maximum Gasteiger partial charge on any atom is 0.352 e. The van der Waals surface area contributed by atoms with Crippen molar-refractivity contribution in [2.45, 2.75) is 50.9 Å². The number of oxime groups is 1. The molecule has 10 N–H and O–H groups in total. The van der Waals surface area contributed by atoms with E-state index < -0.39 is 52.4 Å². The second-order valence-corrected chi connectivity index (χ2v) is 11.8. The highest BCUT2D eigenvalue weighted by Gasteiger charge is 2.55. The molecule has 2 aliphatic heterocycles. The first kappa shape index (κ1) is 32.2. The Labute approximate surface area is 257 Å². The van der Waals surface area contributed by atoms with Crippen molar-refractivity contribution in [2.75, 3.05) is 29.1 Å². The lowest BCUT2D eigenvalue weighted by Gasteiger charge is -2.49. The summed E-state index contributed by atoms with van der Waals surface area (Å²) >= 11 is 1.97. The van der Waals surface area contributed by atoms with Crippen molar-refractivity contribution in [3.8, 4) is 0 Å². The number of nitrogens with two attached hydrogens (primary N) is 3. The second kappa shape index (κ2) is 12.5. The van der Waals surface area contributed by atoms with Crippen LogP contribution in [-0.2, 0) is 41.9 Å². The van der Waals surface area contributed by atoms with Gasteiger partial charge in [0.25, 0.3) is 11.8 Å². The number of amides is 3. The molecule has 0 spiro atoms. The lowest BCUT2D eigenvalue weighted by atomic mass is 10.0. The van der Waals surface area contributed by atoms with Gasteiger partial charge < -0.3 is 42.9 Å². The van der Waals surface area contributed by atoms with Crippen molar-refractivity contribution in [3.63, 3.8) is 0 Å². The third-order valence-corrected chi connectivity index (χ3v) is 8.42. The predicted octanol–water partition coefficient (Wildman–Crippen LogP) is -2.27. The number of aliphatic carboxylic acids is 2. The molecule has 4 rings (SSSR count). The Kier molecular flexibility index (Phi) is 9.11. The molecule has 1 saturated heterocycles. The lowest BCUT2D eigenvalue weighted by Crippen LogP contribution is -2.71. The molecule has 0 saturated carbocycles. The minimum Gasteiger partial charge on any atom is -0.478 e. The largest absolute Gasteiger partial charge is 0.478 e. The lowest BCUT2D eigenvalue weighted by molar-refractivity contribution is -0.767. The van der Waals surface area contributed by atoms with Crippen LogP contribution in [0.4, 0.5) is 16.6 Å². The number of nitrogens with one attached hydrogen (secondary N) is 2. The molecule has 1 fully saturated rings. The molecular formula is C23H30N11O8S2+. The Morgan fingerprint density at radius 1 is 1.27 bits per heavy atom. The van der Waals surface area contributed by atoms with Gasteiger partial charge in [0.2, 0.25) is 29.2 Å². The second-order valence-electron chi connectivity index (χ2n) is 9.91. The number of carboxylic acids is 2. The number of carboxylic acid groups (broad SMARTS) is 2. The van der Waals surface area contributed by atoms with E-state index in [2.05, 4.69) is 25.1 Å². The summed E-state index contributed by atoms with van der Waals surface area (Å²) in [6.07, 6.45) is 1.55. The molecule has 2 aliphatic rings. The SMILES string of the molecule is CCn1c(N)c(NC(=O)CN)c[n+]1CC1=C(C(=O)O)N2C(=O)[C@@H](NC(=O)/C(=N\OC(C)(C)C(=O)O)c3nsc(N)n3)[C@H]2SC1. The molecule has 2 atom stereocenters. The number of rotatable bonds is 12. The molecule has 3 amide bonds. The highest BCUT2D eigenvalue weighted by atomic mass is 32.2. The van der Waals surface area contributed by atoms with Gasteiger partial charge in [0.15, 0.2) is 23.2 Å². The van der Waals surface area contributed by atoms with Crippen LogP contribution >= 0.6 is 23.3 Å². The van der Waals surface area contributed by atoms with Gasteiger partial charge in [-0.1, -0.05) is 5.16 Å². The van der Waals surface area contributed by atoms with Gasteiger partial charge >= 0.3 is 11.9 Å². The molecule has 44 heavy (non-hydrogen) atoms. The number of fused-ring (bicyclic) bond motifs is 1. The number of aromatic nitrogens is 4. The van der Waals surface area contributed by atoms with E-state index in [1.165, 1.54) is 25.6 Å². The normalized spacial score (nSPS) is 18.4. The maximum atomic E-state index is 13.3. The van der Waals surface area contributed by atoms with Crippen LogP contribution in [0.1, 0.15) is 26.6 Å². The van der Waals surface area contributed by atoms with Gasteiger partial charge in [0, 0.05) is 22.9 Å². The molecule has 0 bridgehead atoms. The first-order valence-electron chi connectivity index (χ1n) is 12.9. The Hall–Kier alpha value is -4.76. The molecular weight excluding hydrogens is 622 g/mol. The third-order valence-electron chi connectivity index (χ3n) is 6.54. The quantitative estimate of drug-likeness (QED) is 0.0551. The zero-order chi connectivity index (χ0) is 32.5. The van der Waals surface area contributed by atoms with E-state index in [0.29, 0.717) is 17.8 Å². The number of nitrogens with zero attached hydrogens (tertiary/aromatic N) is 6. The van der Waals surface area contributed by atoms with E-state index in [9.17, 15) is 34.2 Å². The number of β-lactam (4-membered cyclic amide) rings is 1. The van der Waals surface area contributed by atoms with E-state index >= 15 is 0 Å². The molecule has 0 aliphatic carbocycles. The molecule has 0 unspecified atom stereocenters. The van der Waals surface area contributed by atoms with Crippen LogP contribution in [0.15, 0.2) is 22.6 Å². The summed E-state index contributed by atoms with van der Waals surface area (Å²) in [4.78, 5) is 72.2. The highest BCUT2D eigenvalue weighted by Crippen LogP contribution is 2.40. The fraction of sp³-hybridized carbons (Fsp3) is 0.435. The van der Waals surface area contributed by atoms with Gasteiger partial charge in [-0.05, 0) is 20.8 Å². The average Bonchev–Trinajstić information content (AvgIpc) is 3.52. The van der Waals surface area contributed by atoms with Crippen LogP contribution < -0.4 is 32.5 Å². The number of nitrogen functional groups attached to an aromatic ring is 2. The fourth-order valence-corrected chi connectivity index (χ4v) is 6.04. The fourth-order valence-electron chi connectivity index (χ4n) is 4.27. The van der Waals surface area contributed by atoms with Crippen LogP contribution in [0, 0.1) is 0 Å². The number of carbonyl (C=O) groups is 5. The van der Waals surface area contributed by atoms with E-state index in [4.69, 9.17) is 22.0 Å². The summed E-state index contributed by atoms with van der Waals surface area (Å²) in [5.74, 6) is -4.67. The summed E-state index contributed by atoms with van der Waals surface area (Å²) in [6, 6.07) is -1.15. The monoisotopic (exact) mass is 652 g/mol. The van der Waals surface area contributed by atoms with Gasteiger partial charge in [-0.2, -0.15) is 9.36 Å². The minimum absolute atomic E-state index is 0.00165. The molecule has 2 aromatic rings. The molecule has 0 aromatic carbocycles. The van der Waals surface area contributed by atoms with Crippen LogP contribution in [0.3, 0.4) is 0 Å². The summed E-state index contributed by atoms with van der Waals surface area (Å²) in [7, 11) is 0. The van der Waals surface area contributed by atoms with Crippen LogP contribution in [-0.4, -0.2) is 93.8 Å². The van der Waals surface area contributed by atoms with Crippen LogP contribution in [0.25, 0.3) is 0 Å². The molecule has 2 aromatic heterocycles. The summed E-state index contributed by atoms with van der Waals surface area (Å²) in [6.45, 7) is 4.40. The Bertz CT molecular complexity index is 1600. The van der Waals surface area contributed by atoms with Gasteiger partial charge in [-0.25, -0.2) is 9.59 Å². The maximum absolute atomic E-state index is 13.3. The van der Waals surface area contributed by atoms with E-state index in [1.54, 1.807) is 15.6 Å². The van der Waals surface area contributed by atoms with Gasteiger partial charge in [0.05, 0.1) is 13.1 Å². The topological polar surface area (TPSA) is 287 Å². The van der Waals surface area contributed by atoms with E-state index in [0.717, 1.165) is 16.4 Å². The highest BCUT2D eigenvalue weighted by molar-refractivity contribution is 8.00. The van der Waals surface area contributed by atoms with Gasteiger partial charge in [-0.15, -0.1) is 21.1 Å². The molecule has 0 radical (unpaired) electrons. The first-order valence-corrected chi connectivity index (χ1v) is 14.7. The number of hydrogen-bond donors (Lipinski definition) is 7. The Morgan fingerprint density at radius 3 is 2.55 bits per heavy atom. The average molecular weight is 653 g/mol. The zero-order valence-corrected chi connectivity index (χ0v) is 25.3. The van der Waals surface area contributed by atoms with Gasteiger partial charge in [-0.3, -0.25) is 19.3 Å². The number of anilines is 3. The van der Waals surface area contributed by atoms with Crippen molar-refractivity contribution in [2.24, 2.45) is 10.9 Å². The summed E-state index contributed by atoms with van der Waals surface area (Å²) in [5.41, 5.74) is 15.3. The number of hydrogen-bond acceptors (Lipinski definition) is 14. The smallest absolute Gasteiger partial charge is 0.352 e. The number of thioether (sulfide) groups is 1. The van der Waals surface area contributed by atoms with Gasteiger partial charge in [0.1, 0.15) is 17.1 Å². The number of carbonyl (C=O) groups excluding carboxylic acids is 3. The van der Waals surface area contributed by atoms with Crippen molar-refractivity contribution < 1.29 is 43.7 Å². The van der Waals surface area contributed by atoms with Crippen molar-refractivity contribution >= 4 is 75.3 Å². The Morgan fingerprint density at radius 2 is 1.98 bits per heavy atom. The molecule has 236 valence electrons. The molecule has 19 nitrogen and oxygen atoms in total. The Balaban J connectivity index is 1.58. The van der Waals surface area contributed by atoms with E-state index in [1.807, 2.05) is 6.92 Å². The first-order chi connectivity index (χ1) is 20.7. The van der Waals surface area contributed by atoms with E-state index in [-0.39, 0.29) is 41.3 Å². The van der Waals surface area contributed by atoms with Crippen molar-refractivity contribution in [1.82, 2.24) is 24.3 Å². The standard InChI is InChI=1S/C23H29N11O8S2/c1-4-33-15(25)10(27-11(35)5-24)7-32(33)6-9-8-43-19-13(18(37)34(19)14(9)20(38)39)28-17(36)12(16-29-22(26)44-31-16)30-42-23(2,3)21(40)41/h7,13,19,25H,4-6,8,24H2,1-3H3,(H6,26,27,28,29,31,35,36,38,39,40,41)/p+1/b30-12-/t13-,19-/m1/s1. The van der Waals surface area contributed by atoms with Crippen LogP contribution in [0.5, 0.6) is 0 Å². The van der Waals surface area contributed by atoms with Crippen LogP contribution in [0.2, 0.25) is 0 Å². The molecule has 21 heteroatoms. The summed E-state index contributed by atoms with van der Waals surface area (Å²) in [5, 5.41) is 27.4. The molecule has 4 heterocycles. The van der Waals surface area contributed by atoms with Crippen molar-refractivity contribution in [1.29, 1.82) is 0 Å². The van der Waals surface area contributed by atoms with Crippen molar-refractivity contribution in [3.05, 3.63) is 23.3 Å². The summed E-state index contributed by atoms with van der Waals surface area (Å²) < 4.78 is 7.17. The minimum atomic E-state index is -1.82. The zero-order valence-electron chi connectivity index (χ0n) is 23.6.